The highest BCUT2D eigenvalue weighted by Crippen LogP contribution is 2.24. The van der Waals surface area contributed by atoms with Crippen LogP contribution in [-0.4, -0.2) is 18.0 Å². The highest BCUT2D eigenvalue weighted by molar-refractivity contribution is 6.16. The normalized spacial score (nSPS) is 20.5. The fourth-order valence-corrected chi connectivity index (χ4v) is 1.65. The molecule has 2 amide bonds. The molecule has 0 fully saturated rings. The number of primary amides is 1. The molecule has 0 saturated heterocycles. The fourth-order valence-electron chi connectivity index (χ4n) is 1.65. The SMILES string of the molecule is CC1=C(/C=N\NC(N)=O)C(=O)[C@@H](C(C)C)C=C1. The van der Waals surface area contributed by atoms with Crippen LogP contribution in [0.2, 0.25) is 0 Å². The molecule has 0 heterocycles. The maximum absolute atomic E-state index is 12.1. The number of carbonyl (C=O) groups is 2. The van der Waals surface area contributed by atoms with E-state index < -0.39 is 6.03 Å². The van der Waals surface area contributed by atoms with Gasteiger partial charge in [0, 0.05) is 11.5 Å². The zero-order valence-corrected chi connectivity index (χ0v) is 10.2. The van der Waals surface area contributed by atoms with Crippen LogP contribution in [0.1, 0.15) is 20.8 Å². The summed E-state index contributed by atoms with van der Waals surface area (Å²) in [5.74, 6) is 0.128. The maximum Gasteiger partial charge on any atom is 0.332 e. The third-order valence-electron chi connectivity index (χ3n) is 2.63. The number of Topliss-reactive ketones (excluding diaryl/α,β-unsaturated/α-hetero) is 1. The second-order valence-electron chi connectivity index (χ2n) is 4.32. The Morgan fingerprint density at radius 2 is 2.24 bits per heavy atom. The van der Waals surface area contributed by atoms with Crippen molar-refractivity contribution in [1.82, 2.24) is 5.43 Å². The Morgan fingerprint density at radius 1 is 1.59 bits per heavy atom. The molecule has 0 aromatic heterocycles. The largest absolute Gasteiger partial charge is 0.350 e. The first-order valence-electron chi connectivity index (χ1n) is 5.45. The number of nitrogens with two attached hydrogens (primary N) is 1. The number of allylic oxidation sites excluding steroid dienone is 4. The Hall–Kier alpha value is -1.91. The second kappa shape index (κ2) is 5.43. The van der Waals surface area contributed by atoms with E-state index in [1.807, 2.05) is 32.9 Å². The highest BCUT2D eigenvalue weighted by Gasteiger charge is 2.25. The molecule has 1 aliphatic rings. The number of hydrogen-bond donors (Lipinski definition) is 2. The van der Waals surface area contributed by atoms with Crippen LogP contribution in [0.3, 0.4) is 0 Å². The van der Waals surface area contributed by atoms with Crippen LogP contribution in [0.4, 0.5) is 4.79 Å². The molecule has 17 heavy (non-hydrogen) atoms. The quantitative estimate of drug-likeness (QED) is 0.572. The smallest absolute Gasteiger partial charge is 0.332 e. The Bertz CT molecular complexity index is 419. The zero-order valence-electron chi connectivity index (χ0n) is 10.2. The van der Waals surface area contributed by atoms with Crippen molar-refractivity contribution in [2.24, 2.45) is 22.7 Å². The maximum atomic E-state index is 12.1. The molecule has 92 valence electrons. The van der Waals surface area contributed by atoms with Gasteiger partial charge in [0.05, 0.1) is 6.21 Å². The van der Waals surface area contributed by atoms with Gasteiger partial charge < -0.3 is 5.73 Å². The molecule has 1 atom stereocenters. The Morgan fingerprint density at radius 3 is 2.76 bits per heavy atom. The molecule has 5 nitrogen and oxygen atoms in total. The predicted octanol–water partition coefficient (Wildman–Crippen LogP) is 1.37. The van der Waals surface area contributed by atoms with Gasteiger partial charge in [-0.05, 0) is 18.4 Å². The summed E-state index contributed by atoms with van der Waals surface area (Å²) < 4.78 is 0. The lowest BCUT2D eigenvalue weighted by atomic mass is 9.82. The van der Waals surface area contributed by atoms with E-state index in [1.54, 1.807) is 0 Å². The van der Waals surface area contributed by atoms with Gasteiger partial charge in [0.15, 0.2) is 5.78 Å². The molecule has 1 rings (SSSR count). The van der Waals surface area contributed by atoms with Gasteiger partial charge in [0.2, 0.25) is 0 Å². The van der Waals surface area contributed by atoms with Crippen molar-refractivity contribution in [2.45, 2.75) is 20.8 Å². The van der Waals surface area contributed by atoms with Crippen molar-refractivity contribution in [3.8, 4) is 0 Å². The van der Waals surface area contributed by atoms with Crippen molar-refractivity contribution in [2.75, 3.05) is 0 Å². The number of hydrazone groups is 1. The summed E-state index contributed by atoms with van der Waals surface area (Å²) in [4.78, 5) is 22.6. The van der Waals surface area contributed by atoms with Crippen LogP contribution in [0.15, 0.2) is 28.4 Å². The average Bonchev–Trinajstić information content (AvgIpc) is 2.21. The first-order valence-corrected chi connectivity index (χ1v) is 5.45. The van der Waals surface area contributed by atoms with E-state index >= 15 is 0 Å². The summed E-state index contributed by atoms with van der Waals surface area (Å²) in [6.07, 6.45) is 5.15. The van der Waals surface area contributed by atoms with Gasteiger partial charge in [0.1, 0.15) is 0 Å². The van der Waals surface area contributed by atoms with Crippen molar-refractivity contribution < 1.29 is 9.59 Å². The highest BCUT2D eigenvalue weighted by atomic mass is 16.2. The molecular formula is C12H17N3O2. The number of rotatable bonds is 3. The number of hydrogen-bond acceptors (Lipinski definition) is 3. The molecule has 0 aliphatic heterocycles. The average molecular weight is 235 g/mol. The molecule has 0 spiro atoms. The number of nitrogens with one attached hydrogen (secondary N) is 1. The van der Waals surface area contributed by atoms with Crippen LogP contribution in [0, 0.1) is 11.8 Å². The summed E-state index contributed by atoms with van der Waals surface area (Å²) in [5.41, 5.74) is 8.30. The van der Waals surface area contributed by atoms with Crippen LogP contribution in [-0.2, 0) is 4.79 Å². The number of nitrogens with zero attached hydrogens (tertiary/aromatic N) is 1. The molecule has 0 saturated carbocycles. The van der Waals surface area contributed by atoms with Crippen LogP contribution >= 0.6 is 0 Å². The summed E-state index contributed by atoms with van der Waals surface area (Å²) in [5, 5.41) is 3.63. The van der Waals surface area contributed by atoms with Crippen LogP contribution in [0.5, 0.6) is 0 Å². The summed E-state index contributed by atoms with van der Waals surface area (Å²) >= 11 is 0. The molecule has 3 N–H and O–H groups in total. The predicted molar refractivity (Wildman–Crippen MR) is 66.4 cm³/mol. The standard InChI is InChI=1S/C12H17N3O2/c1-7(2)9-5-4-8(3)10(11(9)16)6-14-15-12(13)17/h4-7,9H,1-3H3,(H3,13,15,17)/b14-6-/t9-/m1/s1. The Balaban J connectivity index is 2.88. The van der Waals surface area contributed by atoms with E-state index in [0.29, 0.717) is 5.57 Å². The molecule has 0 bridgehead atoms. The molecule has 1 aliphatic carbocycles. The van der Waals surface area contributed by atoms with E-state index in [2.05, 4.69) is 10.5 Å². The Kier molecular flexibility index (Phi) is 4.20. The van der Waals surface area contributed by atoms with Gasteiger partial charge in [-0.2, -0.15) is 5.10 Å². The lowest BCUT2D eigenvalue weighted by Gasteiger charge is -2.20. The van der Waals surface area contributed by atoms with E-state index in [9.17, 15) is 9.59 Å². The lowest BCUT2D eigenvalue weighted by molar-refractivity contribution is -0.118. The van der Waals surface area contributed by atoms with Gasteiger partial charge in [-0.3, -0.25) is 4.79 Å². The van der Waals surface area contributed by atoms with Gasteiger partial charge >= 0.3 is 6.03 Å². The van der Waals surface area contributed by atoms with Crippen molar-refractivity contribution in [3.63, 3.8) is 0 Å². The first-order chi connectivity index (χ1) is 7.93. The van der Waals surface area contributed by atoms with Gasteiger partial charge in [0.25, 0.3) is 0 Å². The van der Waals surface area contributed by atoms with E-state index in [4.69, 9.17) is 5.73 Å². The van der Waals surface area contributed by atoms with Crippen molar-refractivity contribution >= 4 is 18.0 Å². The summed E-state index contributed by atoms with van der Waals surface area (Å²) in [7, 11) is 0. The van der Waals surface area contributed by atoms with E-state index in [0.717, 1.165) is 5.57 Å². The van der Waals surface area contributed by atoms with Crippen molar-refractivity contribution in [3.05, 3.63) is 23.3 Å². The zero-order chi connectivity index (χ0) is 13.0. The number of ketones is 1. The van der Waals surface area contributed by atoms with Gasteiger partial charge in [-0.25, -0.2) is 10.2 Å². The molecule has 5 heteroatoms. The third-order valence-corrected chi connectivity index (χ3v) is 2.63. The minimum absolute atomic E-state index is 0.0232. The molecule has 0 aromatic rings. The van der Waals surface area contributed by atoms with Gasteiger partial charge in [-0.1, -0.05) is 26.0 Å². The van der Waals surface area contributed by atoms with Crippen molar-refractivity contribution in [1.29, 1.82) is 0 Å². The van der Waals surface area contributed by atoms with E-state index in [1.165, 1.54) is 6.21 Å². The first kappa shape index (κ1) is 13.2. The fraction of sp³-hybridized carbons (Fsp3) is 0.417. The number of carbonyl (C=O) groups excluding carboxylic acids is 2. The Labute approximate surface area is 100 Å². The number of urea groups is 1. The third kappa shape index (κ3) is 3.27. The lowest BCUT2D eigenvalue weighted by Crippen LogP contribution is -2.27. The van der Waals surface area contributed by atoms with Crippen LogP contribution in [0.25, 0.3) is 0 Å². The molecule has 0 aromatic carbocycles. The second-order valence-corrected chi connectivity index (χ2v) is 4.32. The minimum Gasteiger partial charge on any atom is -0.350 e. The molecule has 0 unspecified atom stereocenters. The minimum atomic E-state index is -0.751. The molecule has 0 radical (unpaired) electrons. The van der Waals surface area contributed by atoms with Gasteiger partial charge in [-0.15, -0.1) is 0 Å². The van der Waals surface area contributed by atoms with E-state index in [-0.39, 0.29) is 17.6 Å². The summed E-state index contributed by atoms with van der Waals surface area (Å²) in [6, 6.07) is -0.751. The molecular weight excluding hydrogens is 218 g/mol. The summed E-state index contributed by atoms with van der Waals surface area (Å²) in [6.45, 7) is 5.81. The monoisotopic (exact) mass is 235 g/mol. The van der Waals surface area contributed by atoms with Crippen LogP contribution < -0.4 is 11.2 Å². The number of amides is 2. The topological polar surface area (TPSA) is 84.5 Å².